The molecule has 1 heterocycles. The van der Waals surface area contributed by atoms with Gasteiger partial charge in [0.25, 0.3) is 0 Å². The maximum absolute atomic E-state index is 13.1. The van der Waals surface area contributed by atoms with Crippen LogP contribution in [-0.4, -0.2) is 54.6 Å². The Hall–Kier alpha value is -2.65. The molecule has 2 aromatic carbocycles. The van der Waals surface area contributed by atoms with Crippen molar-refractivity contribution < 1.29 is 22.4 Å². The molecule has 4 rings (SSSR count). The first kappa shape index (κ1) is 25.4. The highest BCUT2D eigenvalue weighted by atomic mass is 19.4. The lowest BCUT2D eigenvalue weighted by molar-refractivity contribution is -0.137. The van der Waals surface area contributed by atoms with Crippen LogP contribution in [0.5, 0.6) is 0 Å². The van der Waals surface area contributed by atoms with Crippen LogP contribution in [0.25, 0.3) is 0 Å². The molecule has 190 valence electrons. The Kier molecular flexibility index (Phi) is 8.28. The van der Waals surface area contributed by atoms with E-state index in [2.05, 4.69) is 20.4 Å². The molecular weight excluding hydrogens is 460 g/mol. The van der Waals surface area contributed by atoms with Gasteiger partial charge in [-0.1, -0.05) is 31.4 Å². The molecular formula is C26H32F4N4O. The van der Waals surface area contributed by atoms with Gasteiger partial charge in [-0.15, -0.1) is 0 Å². The molecule has 1 aliphatic heterocycles. The third kappa shape index (κ3) is 6.95. The Morgan fingerprint density at radius 3 is 2.14 bits per heavy atom. The fourth-order valence-electron chi connectivity index (χ4n) is 5.11. The topological polar surface area (TPSA) is 47.6 Å². The van der Waals surface area contributed by atoms with Gasteiger partial charge in [0, 0.05) is 44.5 Å². The molecule has 1 saturated heterocycles. The fourth-order valence-corrected chi connectivity index (χ4v) is 5.11. The predicted octanol–water partition coefficient (Wildman–Crippen LogP) is 5.66. The number of amides is 2. The summed E-state index contributed by atoms with van der Waals surface area (Å²) in [5.41, 5.74) is 0.492. The number of halogens is 4. The lowest BCUT2D eigenvalue weighted by Crippen LogP contribution is -2.53. The van der Waals surface area contributed by atoms with Crippen molar-refractivity contribution in [1.29, 1.82) is 0 Å². The molecule has 5 nitrogen and oxygen atoms in total. The molecule has 2 amide bonds. The van der Waals surface area contributed by atoms with E-state index >= 15 is 0 Å². The van der Waals surface area contributed by atoms with E-state index in [1.807, 2.05) is 0 Å². The zero-order valence-electron chi connectivity index (χ0n) is 19.7. The minimum atomic E-state index is -4.40. The molecule has 1 saturated carbocycles. The Morgan fingerprint density at radius 1 is 0.914 bits per heavy atom. The monoisotopic (exact) mass is 492 g/mol. The maximum Gasteiger partial charge on any atom is 0.416 e. The Morgan fingerprint density at radius 2 is 1.54 bits per heavy atom. The number of benzene rings is 2. The number of hydrogen-bond acceptors (Lipinski definition) is 3. The van der Waals surface area contributed by atoms with E-state index in [4.69, 9.17) is 0 Å². The summed E-state index contributed by atoms with van der Waals surface area (Å²) in [5, 5.41) is 5.51. The number of carbonyl (C=O) groups excluding carboxylic acids is 1. The second-order valence-electron chi connectivity index (χ2n) is 9.34. The number of carbonyl (C=O) groups is 1. The van der Waals surface area contributed by atoms with Crippen LogP contribution in [0.2, 0.25) is 0 Å². The smallest absolute Gasteiger partial charge is 0.336 e. The Balaban J connectivity index is 1.42. The van der Waals surface area contributed by atoms with E-state index in [9.17, 15) is 22.4 Å². The van der Waals surface area contributed by atoms with Crippen molar-refractivity contribution in [3.63, 3.8) is 0 Å². The van der Waals surface area contributed by atoms with Crippen molar-refractivity contribution in [2.75, 3.05) is 38.0 Å². The van der Waals surface area contributed by atoms with E-state index < -0.39 is 23.6 Å². The van der Waals surface area contributed by atoms with Crippen molar-refractivity contribution in [3.05, 3.63) is 65.5 Å². The summed E-state index contributed by atoms with van der Waals surface area (Å²) >= 11 is 0. The highest BCUT2D eigenvalue weighted by Crippen LogP contribution is 2.31. The molecule has 0 radical (unpaired) electrons. The van der Waals surface area contributed by atoms with Crippen LogP contribution >= 0.6 is 0 Å². The molecule has 1 atom stereocenters. The number of urea groups is 1. The average Bonchev–Trinajstić information content (AvgIpc) is 2.86. The fraction of sp³-hybridized carbons (Fsp3) is 0.500. The van der Waals surface area contributed by atoms with E-state index in [1.165, 1.54) is 68.5 Å². The molecule has 2 N–H and O–H groups in total. The van der Waals surface area contributed by atoms with E-state index in [-0.39, 0.29) is 12.6 Å². The highest BCUT2D eigenvalue weighted by Gasteiger charge is 2.32. The lowest BCUT2D eigenvalue weighted by Gasteiger charge is -2.43. The van der Waals surface area contributed by atoms with Gasteiger partial charge < -0.3 is 10.6 Å². The van der Waals surface area contributed by atoms with Gasteiger partial charge in [0.05, 0.1) is 11.6 Å². The van der Waals surface area contributed by atoms with Gasteiger partial charge in [0.15, 0.2) is 0 Å². The molecule has 1 unspecified atom stereocenters. The molecule has 0 aromatic heterocycles. The molecule has 2 aromatic rings. The van der Waals surface area contributed by atoms with Gasteiger partial charge in [-0.05, 0) is 54.8 Å². The first-order valence-corrected chi connectivity index (χ1v) is 12.3. The Bertz CT molecular complexity index is 951. The van der Waals surface area contributed by atoms with Crippen LogP contribution in [0.15, 0.2) is 48.5 Å². The maximum atomic E-state index is 13.1. The van der Waals surface area contributed by atoms with E-state index in [0.29, 0.717) is 11.7 Å². The summed E-state index contributed by atoms with van der Waals surface area (Å²) in [6, 6.07) is 10.5. The molecule has 9 heteroatoms. The van der Waals surface area contributed by atoms with Crippen molar-refractivity contribution in [3.8, 4) is 0 Å². The Labute approximate surface area is 203 Å². The van der Waals surface area contributed by atoms with Crippen LogP contribution in [-0.2, 0) is 6.18 Å². The second-order valence-corrected chi connectivity index (χ2v) is 9.34. The quantitative estimate of drug-likeness (QED) is 0.512. The van der Waals surface area contributed by atoms with Crippen LogP contribution in [0.4, 0.5) is 28.0 Å². The third-order valence-electron chi connectivity index (χ3n) is 7.06. The van der Waals surface area contributed by atoms with Gasteiger partial charge >= 0.3 is 12.2 Å². The van der Waals surface area contributed by atoms with Crippen LogP contribution in [0.1, 0.15) is 49.3 Å². The molecule has 2 fully saturated rings. The first-order valence-electron chi connectivity index (χ1n) is 12.3. The van der Waals surface area contributed by atoms with Crippen molar-refractivity contribution in [2.24, 2.45) is 0 Å². The van der Waals surface area contributed by atoms with Crippen molar-refractivity contribution in [1.82, 2.24) is 15.1 Å². The average molecular weight is 493 g/mol. The highest BCUT2D eigenvalue weighted by molar-refractivity contribution is 5.89. The lowest BCUT2D eigenvalue weighted by atomic mass is 9.93. The summed E-state index contributed by atoms with van der Waals surface area (Å²) in [4.78, 5) is 17.2. The minimum Gasteiger partial charge on any atom is -0.336 e. The van der Waals surface area contributed by atoms with Gasteiger partial charge in [0.1, 0.15) is 5.82 Å². The van der Waals surface area contributed by atoms with Crippen molar-refractivity contribution >= 4 is 11.7 Å². The number of rotatable bonds is 6. The summed E-state index contributed by atoms with van der Waals surface area (Å²) < 4.78 is 52.3. The summed E-state index contributed by atoms with van der Waals surface area (Å²) in [7, 11) is 0. The zero-order chi connectivity index (χ0) is 24.8. The van der Waals surface area contributed by atoms with Crippen LogP contribution in [0.3, 0.4) is 0 Å². The van der Waals surface area contributed by atoms with Crippen LogP contribution in [0, 0.1) is 5.82 Å². The molecule has 35 heavy (non-hydrogen) atoms. The molecule has 0 spiro atoms. The number of nitrogens with one attached hydrogen (secondary N) is 2. The van der Waals surface area contributed by atoms with Gasteiger partial charge in [0.2, 0.25) is 0 Å². The van der Waals surface area contributed by atoms with Crippen LogP contribution < -0.4 is 10.6 Å². The van der Waals surface area contributed by atoms with Gasteiger partial charge in [-0.3, -0.25) is 9.80 Å². The summed E-state index contributed by atoms with van der Waals surface area (Å²) in [6.45, 7) is 3.61. The minimum absolute atomic E-state index is 0.238. The normalized spacial score (nSPS) is 19.3. The summed E-state index contributed by atoms with van der Waals surface area (Å²) in [6.07, 6.45) is 1.91. The van der Waals surface area contributed by atoms with Gasteiger partial charge in [-0.25, -0.2) is 9.18 Å². The van der Waals surface area contributed by atoms with Crippen molar-refractivity contribution in [2.45, 2.75) is 50.4 Å². The number of anilines is 1. The predicted molar refractivity (Wildman–Crippen MR) is 128 cm³/mol. The number of piperazine rings is 1. The SMILES string of the molecule is O=C(NCC(c1ccc(C(F)(F)F)cc1)N1CCN(C2CCCCC2)CC1)Nc1ccc(F)cc1. The number of alkyl halides is 3. The summed E-state index contributed by atoms with van der Waals surface area (Å²) in [5.74, 6) is -0.398. The van der Waals surface area contributed by atoms with E-state index in [0.717, 1.165) is 43.9 Å². The van der Waals surface area contributed by atoms with Gasteiger partial charge in [-0.2, -0.15) is 13.2 Å². The standard InChI is InChI=1S/C26H32F4N4O/c27-21-10-12-22(13-11-21)32-25(35)31-18-24(19-6-8-20(9-7-19)26(28,29)30)34-16-14-33(15-17-34)23-4-2-1-3-5-23/h6-13,23-24H,1-5,14-18H2,(H2,31,32,35). The molecule has 2 aliphatic rings. The first-order chi connectivity index (χ1) is 16.8. The zero-order valence-corrected chi connectivity index (χ0v) is 19.7. The number of nitrogens with zero attached hydrogens (tertiary/aromatic N) is 2. The molecule has 0 bridgehead atoms. The number of hydrogen-bond donors (Lipinski definition) is 2. The van der Waals surface area contributed by atoms with E-state index in [1.54, 1.807) is 0 Å². The second kappa shape index (κ2) is 11.4. The largest absolute Gasteiger partial charge is 0.416 e. The molecule has 1 aliphatic carbocycles. The third-order valence-corrected chi connectivity index (χ3v) is 7.06.